The quantitative estimate of drug-likeness (QED) is 0.0291. The molecular weight excluding hydrogens is 1010 g/mol. The zero-order chi connectivity index (χ0) is 56.3. The molecule has 2 saturated heterocycles. The Morgan fingerprint density at radius 2 is 1.51 bits per heavy atom. The van der Waals surface area contributed by atoms with Crippen LogP contribution < -0.4 is 10.2 Å². The molecule has 9 rings (SSSR count). The number of piperazine rings is 1. The number of hydrazine groups is 1. The maximum absolute atomic E-state index is 14.7. The van der Waals surface area contributed by atoms with Crippen molar-refractivity contribution in [3.8, 4) is 5.75 Å². The minimum absolute atomic E-state index is 0.0615. The molecule has 2 heterocycles. The molecular formula is C56H79N7O15. The number of carbonyl (C=O) groups excluding carboxylic acids is 2. The number of fused-ring (bicyclic) bond motifs is 7. The largest absolute Gasteiger partial charge is 0.569 e. The Balaban J connectivity index is 0.850. The molecule has 5 aliphatic carbocycles. The van der Waals surface area contributed by atoms with Crippen molar-refractivity contribution >= 4 is 29.0 Å². The molecule has 22 nitrogen and oxygen atoms in total. The van der Waals surface area contributed by atoms with E-state index in [2.05, 4.69) is 70.0 Å². The minimum atomic E-state index is -1.69. The SMILES string of the molecule is CC1(C)CC[C@]2(C(=O)O[C@@H]3O[C@H](CO)[C@H](O)[C@H](O)[C@H]3O)CC[C@]3(C)C(=CC[C@@H]4[C@@]5(C)CC[C@H](OC(=O)CCNc6cc(O/N=[N+](\[O-])N7CCN(Cc8ccccc8)CC7)c([N+](=O)[O-])cc6[N+](=O)[O-])C(C)(C)[C@@H]5CC[C@]43C)[C@@H]2C1. The summed E-state index contributed by atoms with van der Waals surface area (Å²) in [5.74, 6) is -1.17. The molecule has 428 valence electrons. The lowest BCUT2D eigenvalue weighted by atomic mass is 9.33. The van der Waals surface area contributed by atoms with Gasteiger partial charge in [0.1, 0.15) is 42.3 Å². The van der Waals surface area contributed by atoms with Crippen molar-refractivity contribution in [3.63, 3.8) is 0 Å². The second kappa shape index (κ2) is 21.5. The van der Waals surface area contributed by atoms with Crippen LogP contribution in [0.2, 0.25) is 0 Å². The Bertz CT molecular complexity index is 2660. The molecule has 7 aliphatic rings. The van der Waals surface area contributed by atoms with Gasteiger partial charge in [0, 0.05) is 37.7 Å². The molecule has 0 bridgehead atoms. The highest BCUT2D eigenvalue weighted by Crippen LogP contribution is 2.76. The van der Waals surface area contributed by atoms with Crippen molar-refractivity contribution in [1.82, 2.24) is 9.91 Å². The molecule has 0 spiro atoms. The van der Waals surface area contributed by atoms with Gasteiger partial charge in [0.05, 0.1) is 46.3 Å². The second-order valence-electron chi connectivity index (χ2n) is 25.5. The molecule has 2 aliphatic heterocycles. The smallest absolute Gasteiger partial charge is 0.321 e. The van der Waals surface area contributed by atoms with Gasteiger partial charge in [0.2, 0.25) is 17.3 Å². The predicted molar refractivity (Wildman–Crippen MR) is 282 cm³/mol. The lowest BCUT2D eigenvalue weighted by Crippen LogP contribution is -2.65. The van der Waals surface area contributed by atoms with Gasteiger partial charge in [-0.25, -0.2) is 0 Å². The Morgan fingerprint density at radius 3 is 2.19 bits per heavy atom. The molecule has 78 heavy (non-hydrogen) atoms. The molecule has 0 unspecified atom stereocenters. The number of nitrogens with one attached hydrogen (secondary N) is 1. The van der Waals surface area contributed by atoms with Crippen molar-refractivity contribution < 1.29 is 63.9 Å². The Kier molecular flexibility index (Phi) is 15.8. The number of esters is 2. The number of benzene rings is 2. The summed E-state index contributed by atoms with van der Waals surface area (Å²) < 4.78 is 18.0. The Hall–Kier alpha value is -5.52. The van der Waals surface area contributed by atoms with E-state index in [-0.39, 0.29) is 63.0 Å². The van der Waals surface area contributed by atoms with Crippen LogP contribution in [0.5, 0.6) is 5.75 Å². The molecule has 2 aromatic carbocycles. The van der Waals surface area contributed by atoms with Crippen molar-refractivity contribution in [2.24, 2.45) is 55.5 Å². The molecule has 5 N–H and O–H groups in total. The van der Waals surface area contributed by atoms with Crippen LogP contribution in [0, 0.1) is 75.7 Å². The van der Waals surface area contributed by atoms with Gasteiger partial charge in [-0.3, -0.25) is 39.6 Å². The van der Waals surface area contributed by atoms with Gasteiger partial charge in [-0.1, -0.05) is 90.4 Å². The molecule has 0 amide bonds. The van der Waals surface area contributed by atoms with Crippen LogP contribution in [0.15, 0.2) is 59.4 Å². The Morgan fingerprint density at radius 1 is 0.821 bits per heavy atom. The summed E-state index contributed by atoms with van der Waals surface area (Å²) in [4.78, 5) is 58.7. The second-order valence-corrected chi connectivity index (χ2v) is 25.5. The summed E-state index contributed by atoms with van der Waals surface area (Å²) in [6, 6.07) is 11.7. The molecule has 6 fully saturated rings. The van der Waals surface area contributed by atoms with E-state index in [9.17, 15) is 55.5 Å². The zero-order valence-corrected chi connectivity index (χ0v) is 46.0. The molecule has 4 saturated carbocycles. The van der Waals surface area contributed by atoms with Gasteiger partial charge in [-0.2, -0.15) is 0 Å². The number of hydrogen-bond donors (Lipinski definition) is 5. The third-order valence-electron chi connectivity index (χ3n) is 20.5. The molecule has 13 atom stereocenters. The van der Waals surface area contributed by atoms with E-state index >= 15 is 0 Å². The summed E-state index contributed by atoms with van der Waals surface area (Å²) in [6.07, 6.45) is 1.66. The number of anilines is 1. The number of nitro groups is 2. The maximum Gasteiger partial charge on any atom is 0.321 e. The number of allylic oxidation sites excluding steroid dienone is 2. The van der Waals surface area contributed by atoms with Crippen LogP contribution in [0.25, 0.3) is 0 Å². The topological polar surface area (TPSA) is 295 Å². The third-order valence-corrected chi connectivity index (χ3v) is 20.5. The van der Waals surface area contributed by atoms with Gasteiger partial charge in [0.25, 0.3) is 5.69 Å². The highest BCUT2D eigenvalue weighted by atomic mass is 16.7. The number of aliphatic hydroxyl groups excluding tert-OH is 4. The van der Waals surface area contributed by atoms with Crippen LogP contribution >= 0.6 is 0 Å². The van der Waals surface area contributed by atoms with Crippen LogP contribution in [-0.2, 0) is 30.3 Å². The van der Waals surface area contributed by atoms with Crippen molar-refractivity contribution in [3.05, 3.63) is 85.1 Å². The number of ether oxygens (including phenoxy) is 3. The average molecular weight is 1090 g/mol. The highest BCUT2D eigenvalue weighted by molar-refractivity contribution is 5.79. The minimum Gasteiger partial charge on any atom is -0.569 e. The van der Waals surface area contributed by atoms with Gasteiger partial charge < -0.3 is 45.2 Å². The number of rotatable bonds is 15. The van der Waals surface area contributed by atoms with E-state index in [0.29, 0.717) is 52.0 Å². The first-order chi connectivity index (χ1) is 36.8. The van der Waals surface area contributed by atoms with Gasteiger partial charge in [0.15, 0.2) is 0 Å². The summed E-state index contributed by atoms with van der Waals surface area (Å²) in [5.41, 5.74) is -1.06. The van der Waals surface area contributed by atoms with E-state index in [1.165, 1.54) is 10.6 Å². The van der Waals surface area contributed by atoms with E-state index < -0.39 is 93.2 Å². The van der Waals surface area contributed by atoms with Crippen molar-refractivity contribution in [2.45, 2.75) is 162 Å². The zero-order valence-electron chi connectivity index (χ0n) is 46.0. The fourth-order valence-corrected chi connectivity index (χ4v) is 15.8. The normalized spacial score (nSPS) is 36.3. The lowest BCUT2D eigenvalue weighted by molar-refractivity contribution is -0.709. The summed E-state index contributed by atoms with van der Waals surface area (Å²) in [6.45, 7) is 17.8. The predicted octanol–water partition coefficient (Wildman–Crippen LogP) is 7.35. The fraction of sp³-hybridized carbons (Fsp3) is 0.714. The number of aliphatic hydroxyl groups is 4. The summed E-state index contributed by atoms with van der Waals surface area (Å²) in [5, 5.41) is 86.7. The fourth-order valence-electron chi connectivity index (χ4n) is 15.8. The third kappa shape index (κ3) is 10.2. The van der Waals surface area contributed by atoms with Crippen LogP contribution in [0.1, 0.15) is 125 Å². The van der Waals surface area contributed by atoms with Crippen LogP contribution in [0.3, 0.4) is 0 Å². The monoisotopic (exact) mass is 1090 g/mol. The molecule has 0 aromatic heterocycles. The summed E-state index contributed by atoms with van der Waals surface area (Å²) in [7, 11) is 0. The number of hydrogen-bond acceptors (Lipinski definition) is 18. The first kappa shape index (κ1) is 57.2. The first-order valence-corrected chi connectivity index (χ1v) is 27.8. The van der Waals surface area contributed by atoms with Crippen LogP contribution in [0.4, 0.5) is 17.1 Å². The van der Waals surface area contributed by atoms with Crippen LogP contribution in [-0.4, -0.2) is 133 Å². The van der Waals surface area contributed by atoms with Crippen molar-refractivity contribution in [2.75, 3.05) is 44.6 Å². The Labute approximate surface area is 454 Å². The first-order valence-electron chi connectivity index (χ1n) is 27.8. The van der Waals surface area contributed by atoms with Gasteiger partial charge >= 0.3 is 17.6 Å². The van der Waals surface area contributed by atoms with E-state index in [0.717, 1.165) is 62.6 Å². The molecule has 0 radical (unpaired) electrons. The lowest BCUT2D eigenvalue weighted by Gasteiger charge is -2.71. The number of nitro benzene ring substituents is 2. The van der Waals surface area contributed by atoms with E-state index in [4.69, 9.17) is 19.0 Å². The number of nitrogens with zero attached hydrogens (tertiary/aromatic N) is 6. The van der Waals surface area contributed by atoms with Gasteiger partial charge in [-0.05, 0) is 109 Å². The van der Waals surface area contributed by atoms with Gasteiger partial charge in [-0.15, -0.1) is 5.01 Å². The van der Waals surface area contributed by atoms with E-state index in [1.807, 2.05) is 30.3 Å². The summed E-state index contributed by atoms with van der Waals surface area (Å²) >= 11 is 0. The van der Waals surface area contributed by atoms with Crippen molar-refractivity contribution in [1.29, 1.82) is 0 Å². The van der Waals surface area contributed by atoms with E-state index in [1.54, 1.807) is 0 Å². The maximum atomic E-state index is 14.7. The standard InChI is InChI=1S/C56H79N7O15/c1-51(2)20-22-56(50(69)77-49-48(68)47(67)46(66)41(33-64)75-49)23-21-54(6)35(36(56)31-51)13-14-43-53(5)18-16-44(52(3,4)42(53)15-19-55(43,54)7)76-45(65)17-24-57-37-29-40(39(62(72)73)30-38(37)61(70)71)78-58-63(74)60-27-25-59(26-28-60)32-34-11-9-8-10-12-34/h8-13,29-30,36,41-44,46-49,57,64,66-68H,14-28,31-33H2,1-7H3/b63-58-/t36-,41+,42-,43+,44-,46-,47-,48+,49-,53-,54+,55+,56-/m0/s1. The molecule has 22 heteroatoms. The highest BCUT2D eigenvalue weighted by Gasteiger charge is 2.70. The number of carbonyl (C=O) groups is 2. The molecule has 2 aromatic rings. The average Bonchev–Trinajstić information content (AvgIpc) is 3.59.